The van der Waals surface area contributed by atoms with Gasteiger partial charge in [-0.2, -0.15) is 0 Å². The van der Waals surface area contributed by atoms with Gasteiger partial charge in [0.1, 0.15) is 0 Å². The van der Waals surface area contributed by atoms with Crippen LogP contribution in [-0.4, -0.2) is 59.4 Å². The molecule has 0 aromatic carbocycles. The normalized spacial score (nSPS) is 29.7. The maximum Gasteiger partial charge on any atom is 0.317 e. The number of aliphatic carboxylic acids is 1. The fourth-order valence-corrected chi connectivity index (χ4v) is 3.56. The van der Waals surface area contributed by atoms with Crippen molar-refractivity contribution in [2.24, 2.45) is 5.92 Å². The van der Waals surface area contributed by atoms with E-state index in [2.05, 4.69) is 5.32 Å². The van der Waals surface area contributed by atoms with Crippen LogP contribution in [-0.2, 0) is 4.79 Å². The largest absolute Gasteiger partial charge is 0.480 e. The zero-order valence-corrected chi connectivity index (χ0v) is 11.6. The van der Waals surface area contributed by atoms with E-state index in [1.807, 2.05) is 4.90 Å². The monoisotopic (exact) mass is 270 g/mol. The molecule has 5 nitrogen and oxygen atoms in total. The van der Waals surface area contributed by atoms with Gasteiger partial charge >= 0.3 is 5.97 Å². The van der Waals surface area contributed by atoms with Crippen molar-refractivity contribution < 1.29 is 15.0 Å². The van der Waals surface area contributed by atoms with Crippen molar-refractivity contribution >= 4 is 5.97 Å². The zero-order chi connectivity index (χ0) is 13.7. The quantitative estimate of drug-likeness (QED) is 0.662. The molecule has 2 fully saturated rings. The van der Waals surface area contributed by atoms with Crippen molar-refractivity contribution in [3.05, 3.63) is 0 Å². The van der Waals surface area contributed by atoms with Gasteiger partial charge in [-0.3, -0.25) is 9.69 Å². The molecule has 1 saturated carbocycles. The summed E-state index contributed by atoms with van der Waals surface area (Å²) in [4.78, 5) is 12.9. The number of hydrogen-bond donors (Lipinski definition) is 3. The molecule has 3 N–H and O–H groups in total. The highest BCUT2D eigenvalue weighted by molar-refractivity contribution is 5.69. The Morgan fingerprint density at radius 3 is 2.58 bits per heavy atom. The predicted octanol–water partition coefficient (Wildman–Crippen LogP) is 0.676. The molecule has 0 radical (unpaired) electrons. The molecule has 0 amide bonds. The van der Waals surface area contributed by atoms with E-state index in [1.54, 1.807) is 0 Å². The minimum atomic E-state index is -0.760. The first-order chi connectivity index (χ1) is 9.17. The number of carbonyl (C=O) groups is 1. The van der Waals surface area contributed by atoms with Gasteiger partial charge in [-0.15, -0.1) is 0 Å². The van der Waals surface area contributed by atoms with Crippen LogP contribution in [0.4, 0.5) is 0 Å². The molecule has 0 spiro atoms. The van der Waals surface area contributed by atoms with Gasteiger partial charge in [-0.1, -0.05) is 12.8 Å². The number of aliphatic hydroxyl groups is 1. The molecule has 1 aliphatic carbocycles. The van der Waals surface area contributed by atoms with E-state index >= 15 is 0 Å². The number of hydrogen-bond acceptors (Lipinski definition) is 4. The molecule has 2 rings (SSSR count). The summed E-state index contributed by atoms with van der Waals surface area (Å²) in [5.74, 6) is -0.346. The first-order valence-corrected chi connectivity index (χ1v) is 7.48. The van der Waals surface area contributed by atoms with E-state index in [9.17, 15) is 4.79 Å². The second kappa shape index (κ2) is 7.22. The Kier molecular flexibility index (Phi) is 5.60. The SMILES string of the molecule is O=C(O)CN1CC(CCO)CC(NC2CCCC2)C1. The standard InChI is InChI=1S/C14H26N2O3/c17-6-5-11-7-13(15-12-3-1-2-4-12)9-16(8-11)10-14(18)19/h11-13,15,17H,1-10H2,(H,18,19). The lowest BCUT2D eigenvalue weighted by Crippen LogP contribution is -2.52. The molecule has 0 aromatic heterocycles. The van der Waals surface area contributed by atoms with Crippen molar-refractivity contribution in [2.45, 2.75) is 50.6 Å². The number of likely N-dealkylation sites (tertiary alicyclic amines) is 1. The van der Waals surface area contributed by atoms with Crippen LogP contribution in [0.5, 0.6) is 0 Å². The number of nitrogens with one attached hydrogen (secondary N) is 1. The van der Waals surface area contributed by atoms with Crippen LogP contribution in [0.25, 0.3) is 0 Å². The highest BCUT2D eigenvalue weighted by atomic mass is 16.4. The summed E-state index contributed by atoms with van der Waals surface area (Å²) >= 11 is 0. The number of nitrogens with zero attached hydrogens (tertiary/aromatic N) is 1. The van der Waals surface area contributed by atoms with E-state index in [-0.39, 0.29) is 13.2 Å². The van der Waals surface area contributed by atoms with E-state index in [4.69, 9.17) is 10.2 Å². The van der Waals surface area contributed by atoms with Crippen molar-refractivity contribution in [3.8, 4) is 0 Å². The van der Waals surface area contributed by atoms with Crippen LogP contribution in [0.15, 0.2) is 0 Å². The summed E-state index contributed by atoms with van der Waals surface area (Å²) in [6, 6.07) is 0.998. The fourth-order valence-electron chi connectivity index (χ4n) is 3.56. The van der Waals surface area contributed by atoms with Crippen molar-refractivity contribution in [1.29, 1.82) is 0 Å². The molecule has 1 saturated heterocycles. The molecule has 0 bridgehead atoms. The van der Waals surface area contributed by atoms with Crippen molar-refractivity contribution in [3.63, 3.8) is 0 Å². The van der Waals surface area contributed by atoms with E-state index < -0.39 is 5.97 Å². The minimum Gasteiger partial charge on any atom is -0.480 e. The van der Waals surface area contributed by atoms with Gasteiger partial charge in [-0.05, 0) is 31.6 Å². The minimum absolute atomic E-state index is 0.116. The number of rotatable bonds is 6. The van der Waals surface area contributed by atoms with Gasteiger partial charge in [0, 0.05) is 31.8 Å². The molecular weight excluding hydrogens is 244 g/mol. The third-order valence-electron chi connectivity index (χ3n) is 4.34. The highest BCUT2D eigenvalue weighted by Crippen LogP contribution is 2.23. The Labute approximate surface area is 115 Å². The second-order valence-corrected chi connectivity index (χ2v) is 6.05. The number of carboxylic acids is 1. The average molecular weight is 270 g/mol. The summed E-state index contributed by atoms with van der Waals surface area (Å²) < 4.78 is 0. The van der Waals surface area contributed by atoms with Crippen LogP contribution in [0.3, 0.4) is 0 Å². The van der Waals surface area contributed by atoms with Crippen molar-refractivity contribution in [1.82, 2.24) is 10.2 Å². The molecule has 2 unspecified atom stereocenters. The first-order valence-electron chi connectivity index (χ1n) is 7.48. The van der Waals surface area contributed by atoms with Gasteiger partial charge in [0.15, 0.2) is 0 Å². The molecule has 2 atom stereocenters. The number of piperidine rings is 1. The molecule has 0 aromatic rings. The lowest BCUT2D eigenvalue weighted by molar-refractivity contribution is -0.138. The molecule has 19 heavy (non-hydrogen) atoms. The molecular formula is C14H26N2O3. The van der Waals surface area contributed by atoms with Crippen molar-refractivity contribution in [2.75, 3.05) is 26.2 Å². The molecule has 110 valence electrons. The van der Waals surface area contributed by atoms with Crippen LogP contribution in [0, 0.1) is 5.92 Å². The summed E-state index contributed by atoms with van der Waals surface area (Å²) in [5.41, 5.74) is 0. The third-order valence-corrected chi connectivity index (χ3v) is 4.34. The third kappa shape index (κ3) is 4.75. The smallest absolute Gasteiger partial charge is 0.317 e. The van der Waals surface area contributed by atoms with Crippen LogP contribution < -0.4 is 5.32 Å². The van der Waals surface area contributed by atoms with Gasteiger partial charge in [-0.25, -0.2) is 0 Å². The van der Waals surface area contributed by atoms with Crippen LogP contribution >= 0.6 is 0 Å². The summed E-state index contributed by atoms with van der Waals surface area (Å²) in [5, 5.41) is 21.7. The molecule has 1 aliphatic heterocycles. The topological polar surface area (TPSA) is 72.8 Å². The molecule has 1 heterocycles. The Morgan fingerprint density at radius 2 is 1.95 bits per heavy atom. The summed E-state index contributed by atoms with van der Waals surface area (Å²) in [7, 11) is 0. The lowest BCUT2D eigenvalue weighted by atomic mass is 9.91. The zero-order valence-electron chi connectivity index (χ0n) is 11.6. The van der Waals surface area contributed by atoms with Crippen LogP contribution in [0.1, 0.15) is 38.5 Å². The van der Waals surface area contributed by atoms with Gasteiger partial charge in [0.2, 0.25) is 0 Å². The van der Waals surface area contributed by atoms with E-state index in [0.717, 1.165) is 25.9 Å². The number of carboxylic acid groups (broad SMARTS) is 1. The molecule has 2 aliphatic rings. The van der Waals surface area contributed by atoms with E-state index in [0.29, 0.717) is 18.0 Å². The maximum absolute atomic E-state index is 10.9. The fraction of sp³-hybridized carbons (Fsp3) is 0.929. The highest BCUT2D eigenvalue weighted by Gasteiger charge is 2.29. The van der Waals surface area contributed by atoms with Gasteiger partial charge in [0.25, 0.3) is 0 Å². The average Bonchev–Trinajstić information content (AvgIpc) is 2.81. The summed E-state index contributed by atoms with van der Waals surface area (Å²) in [6.45, 7) is 1.94. The molecule has 5 heteroatoms. The first kappa shape index (κ1) is 14.8. The lowest BCUT2D eigenvalue weighted by Gasteiger charge is -2.38. The van der Waals surface area contributed by atoms with Crippen LogP contribution in [0.2, 0.25) is 0 Å². The Balaban J connectivity index is 1.87. The second-order valence-electron chi connectivity index (χ2n) is 6.05. The number of aliphatic hydroxyl groups excluding tert-OH is 1. The predicted molar refractivity (Wildman–Crippen MR) is 73.1 cm³/mol. The van der Waals surface area contributed by atoms with E-state index in [1.165, 1.54) is 25.7 Å². The Hall–Kier alpha value is -0.650. The summed E-state index contributed by atoms with van der Waals surface area (Å²) in [6.07, 6.45) is 6.96. The Morgan fingerprint density at radius 1 is 1.21 bits per heavy atom. The van der Waals surface area contributed by atoms with Gasteiger partial charge < -0.3 is 15.5 Å². The Bertz CT molecular complexity index is 292. The van der Waals surface area contributed by atoms with Gasteiger partial charge in [0.05, 0.1) is 6.54 Å². The maximum atomic E-state index is 10.9.